The van der Waals surface area contributed by atoms with Gasteiger partial charge in [-0.15, -0.1) is 0 Å². The van der Waals surface area contributed by atoms with Crippen LogP contribution >= 0.6 is 0 Å². The first-order chi connectivity index (χ1) is 7.41. The van der Waals surface area contributed by atoms with Gasteiger partial charge < -0.3 is 4.74 Å². The summed E-state index contributed by atoms with van der Waals surface area (Å²) in [4.78, 5) is 0. The third-order valence-electron chi connectivity index (χ3n) is 2.66. The van der Waals surface area contributed by atoms with Gasteiger partial charge in [0.05, 0.1) is 6.61 Å². The second-order valence-electron chi connectivity index (χ2n) is 4.30. The summed E-state index contributed by atoms with van der Waals surface area (Å²) < 4.78 is 5.46. The molecule has 0 bridgehead atoms. The summed E-state index contributed by atoms with van der Waals surface area (Å²) in [5, 5.41) is 0. The third kappa shape index (κ3) is 14.0. The maximum absolute atomic E-state index is 5.46. The monoisotopic (exact) mass is 213 g/mol. The molecular weight excluding hydrogens is 184 g/mol. The van der Waals surface area contributed by atoms with Gasteiger partial charge >= 0.3 is 0 Å². The molecule has 0 aliphatic carbocycles. The van der Waals surface area contributed by atoms with Crippen LogP contribution in [0.25, 0.3) is 0 Å². The quantitative estimate of drug-likeness (QED) is 0.409. The molecule has 0 heterocycles. The lowest BCUT2D eigenvalue weighted by molar-refractivity contribution is 0.184. The number of unbranched alkanes of at least 4 members (excludes halogenated alkanes) is 8. The fourth-order valence-corrected chi connectivity index (χ4v) is 1.61. The van der Waals surface area contributed by atoms with E-state index in [2.05, 4.69) is 13.8 Å². The van der Waals surface area contributed by atoms with Gasteiger partial charge in [0.2, 0.25) is 0 Å². The average Bonchev–Trinajstić information content (AvgIpc) is 2.26. The fourth-order valence-electron chi connectivity index (χ4n) is 1.61. The van der Waals surface area contributed by atoms with Crippen LogP contribution in [0.4, 0.5) is 0 Å². The minimum absolute atomic E-state index is 0.929. The molecule has 1 heteroatoms. The van der Waals surface area contributed by atoms with Crippen LogP contribution in [0, 0.1) is 6.61 Å². The van der Waals surface area contributed by atoms with Crippen LogP contribution in [-0.4, -0.2) is 6.61 Å². The molecule has 0 aliphatic rings. The van der Waals surface area contributed by atoms with E-state index in [0.717, 1.165) is 13.0 Å². The molecule has 0 aliphatic heterocycles. The van der Waals surface area contributed by atoms with Crippen molar-refractivity contribution in [2.24, 2.45) is 0 Å². The first-order valence-electron chi connectivity index (χ1n) is 6.85. The highest BCUT2D eigenvalue weighted by Crippen LogP contribution is 2.06. The molecule has 0 N–H and O–H groups in total. The largest absolute Gasteiger partial charge is 0.376 e. The first kappa shape index (κ1) is 15.0. The Bertz CT molecular complexity index is 89.5. The molecule has 0 unspecified atom stereocenters. The van der Waals surface area contributed by atoms with E-state index < -0.39 is 0 Å². The number of hydrogen-bond donors (Lipinski definition) is 0. The summed E-state index contributed by atoms with van der Waals surface area (Å²) >= 11 is 0. The molecule has 0 aromatic rings. The molecule has 1 nitrogen and oxygen atoms in total. The van der Waals surface area contributed by atoms with Crippen molar-refractivity contribution in [2.45, 2.75) is 78.1 Å². The minimum atomic E-state index is 0.929. The predicted octanol–water partition coefficient (Wildman–Crippen LogP) is 5.11. The van der Waals surface area contributed by atoms with Gasteiger partial charge in [0.1, 0.15) is 0 Å². The summed E-state index contributed by atoms with van der Waals surface area (Å²) in [6.07, 6.45) is 13.1. The molecule has 0 saturated heterocycles. The van der Waals surface area contributed by atoms with Crippen molar-refractivity contribution in [3.8, 4) is 0 Å². The second-order valence-corrected chi connectivity index (χ2v) is 4.30. The Labute approximate surface area is 96.6 Å². The number of hydrogen-bond acceptors (Lipinski definition) is 1. The van der Waals surface area contributed by atoms with Gasteiger partial charge in [0.15, 0.2) is 0 Å². The maximum Gasteiger partial charge on any atom is 0.0836 e. The third-order valence-corrected chi connectivity index (χ3v) is 2.66. The van der Waals surface area contributed by atoms with Crippen molar-refractivity contribution in [3.63, 3.8) is 0 Å². The van der Waals surface area contributed by atoms with Crippen LogP contribution in [-0.2, 0) is 4.74 Å². The minimum Gasteiger partial charge on any atom is -0.376 e. The predicted molar refractivity (Wildman–Crippen MR) is 67.8 cm³/mol. The Morgan fingerprint density at radius 2 is 1.33 bits per heavy atom. The van der Waals surface area contributed by atoms with Crippen molar-refractivity contribution in [3.05, 3.63) is 6.61 Å². The Morgan fingerprint density at radius 1 is 0.733 bits per heavy atom. The molecule has 91 valence electrons. The van der Waals surface area contributed by atoms with E-state index in [1.54, 1.807) is 0 Å². The van der Waals surface area contributed by atoms with Gasteiger partial charge in [-0.3, -0.25) is 0 Å². The van der Waals surface area contributed by atoms with Gasteiger partial charge in [-0.25, -0.2) is 0 Å². The van der Waals surface area contributed by atoms with Gasteiger partial charge in [-0.05, 0) is 12.8 Å². The van der Waals surface area contributed by atoms with Crippen LogP contribution in [0.3, 0.4) is 0 Å². The van der Waals surface area contributed by atoms with Crippen molar-refractivity contribution < 1.29 is 4.74 Å². The van der Waals surface area contributed by atoms with Gasteiger partial charge in [-0.1, -0.05) is 65.2 Å². The molecule has 0 rings (SSSR count). The molecule has 0 fully saturated rings. The maximum atomic E-state index is 5.46. The highest BCUT2D eigenvalue weighted by atomic mass is 16.5. The highest BCUT2D eigenvalue weighted by molar-refractivity contribution is 4.51. The summed E-state index contributed by atoms with van der Waals surface area (Å²) in [5.74, 6) is 0. The molecule has 0 amide bonds. The van der Waals surface area contributed by atoms with E-state index in [1.165, 1.54) is 57.8 Å². The second kappa shape index (κ2) is 14.0. The van der Waals surface area contributed by atoms with Crippen LogP contribution in [0.2, 0.25) is 0 Å². The Morgan fingerprint density at radius 3 is 2.07 bits per heavy atom. The van der Waals surface area contributed by atoms with Crippen molar-refractivity contribution >= 4 is 0 Å². The molecule has 1 radical (unpaired) electrons. The van der Waals surface area contributed by atoms with Crippen molar-refractivity contribution in [2.75, 3.05) is 6.61 Å². The Balaban J connectivity index is 2.81. The van der Waals surface area contributed by atoms with E-state index in [1.807, 2.05) is 6.61 Å². The van der Waals surface area contributed by atoms with Crippen LogP contribution < -0.4 is 0 Å². The molecule has 15 heavy (non-hydrogen) atoms. The van der Waals surface area contributed by atoms with Gasteiger partial charge in [0, 0.05) is 6.61 Å². The highest BCUT2D eigenvalue weighted by Gasteiger charge is 1.92. The van der Waals surface area contributed by atoms with Crippen molar-refractivity contribution in [1.82, 2.24) is 0 Å². The standard InChI is InChI=1S/C14H29O/c1-3-5-7-9-10-12-14-15-13-11-8-6-4-2/h13H,3-12,14H2,1-2H3. The lowest BCUT2D eigenvalue weighted by Crippen LogP contribution is -1.92. The first-order valence-corrected chi connectivity index (χ1v) is 6.85. The molecule has 0 atom stereocenters. The summed E-state index contributed by atoms with van der Waals surface area (Å²) in [7, 11) is 0. The van der Waals surface area contributed by atoms with Crippen LogP contribution in [0.15, 0.2) is 0 Å². The summed E-state index contributed by atoms with van der Waals surface area (Å²) in [5.41, 5.74) is 0. The fraction of sp³-hybridized carbons (Fsp3) is 0.929. The van der Waals surface area contributed by atoms with E-state index in [0.29, 0.717) is 0 Å². The smallest absolute Gasteiger partial charge is 0.0836 e. The molecule has 0 spiro atoms. The van der Waals surface area contributed by atoms with Crippen LogP contribution in [0.5, 0.6) is 0 Å². The zero-order valence-corrected chi connectivity index (χ0v) is 10.8. The van der Waals surface area contributed by atoms with Gasteiger partial charge in [0.25, 0.3) is 0 Å². The molecule has 0 saturated carbocycles. The summed E-state index contributed by atoms with van der Waals surface area (Å²) in [6, 6.07) is 0. The topological polar surface area (TPSA) is 9.23 Å². The molecule has 0 aromatic heterocycles. The zero-order valence-electron chi connectivity index (χ0n) is 10.8. The zero-order chi connectivity index (χ0) is 11.2. The van der Waals surface area contributed by atoms with Crippen molar-refractivity contribution in [1.29, 1.82) is 0 Å². The van der Waals surface area contributed by atoms with Gasteiger partial charge in [-0.2, -0.15) is 0 Å². The van der Waals surface area contributed by atoms with Crippen LogP contribution in [0.1, 0.15) is 78.1 Å². The van der Waals surface area contributed by atoms with E-state index in [9.17, 15) is 0 Å². The number of ether oxygens (including phenoxy) is 1. The molecule has 0 aromatic carbocycles. The normalized spacial score (nSPS) is 10.8. The SMILES string of the molecule is CCCCC[CH]OCCCCCCCC. The Kier molecular flexibility index (Phi) is 13.9. The van der Waals surface area contributed by atoms with E-state index >= 15 is 0 Å². The molecular formula is C14H29O. The average molecular weight is 213 g/mol. The Hall–Kier alpha value is -0.0400. The van der Waals surface area contributed by atoms with E-state index in [4.69, 9.17) is 4.74 Å². The number of rotatable bonds is 12. The lowest BCUT2D eigenvalue weighted by Gasteiger charge is -2.03. The summed E-state index contributed by atoms with van der Waals surface area (Å²) in [6.45, 7) is 7.42. The lowest BCUT2D eigenvalue weighted by atomic mass is 10.1. The van der Waals surface area contributed by atoms with E-state index in [-0.39, 0.29) is 0 Å².